The van der Waals surface area contributed by atoms with Crippen LogP contribution in [0.2, 0.25) is 0 Å². The SMILES string of the molecule is CC1=C(C)OCC=N1. The molecule has 0 amide bonds. The van der Waals surface area contributed by atoms with Gasteiger partial charge in [0.25, 0.3) is 0 Å². The van der Waals surface area contributed by atoms with Gasteiger partial charge in [0, 0.05) is 6.21 Å². The highest BCUT2D eigenvalue weighted by Crippen LogP contribution is 2.08. The van der Waals surface area contributed by atoms with E-state index >= 15 is 0 Å². The number of ether oxygens (including phenoxy) is 1. The predicted molar refractivity (Wildman–Crippen MR) is 32.8 cm³/mol. The van der Waals surface area contributed by atoms with E-state index in [0.29, 0.717) is 6.61 Å². The van der Waals surface area contributed by atoms with E-state index in [1.165, 1.54) is 0 Å². The van der Waals surface area contributed by atoms with Gasteiger partial charge in [-0.2, -0.15) is 0 Å². The van der Waals surface area contributed by atoms with Gasteiger partial charge in [0.05, 0.1) is 5.70 Å². The van der Waals surface area contributed by atoms with Gasteiger partial charge >= 0.3 is 0 Å². The molecule has 0 radical (unpaired) electrons. The van der Waals surface area contributed by atoms with Crippen molar-refractivity contribution < 1.29 is 4.74 Å². The Bertz CT molecular complexity index is 147. The molecule has 0 N–H and O–H groups in total. The number of nitrogens with zero attached hydrogens (tertiary/aromatic N) is 1. The van der Waals surface area contributed by atoms with Crippen LogP contribution in [0.1, 0.15) is 13.8 Å². The zero-order chi connectivity index (χ0) is 5.98. The Morgan fingerprint density at radius 1 is 1.62 bits per heavy atom. The van der Waals surface area contributed by atoms with E-state index in [0.717, 1.165) is 11.5 Å². The Kier molecular flexibility index (Phi) is 1.33. The summed E-state index contributed by atoms with van der Waals surface area (Å²) in [6, 6.07) is 0. The lowest BCUT2D eigenvalue weighted by Crippen LogP contribution is -2.00. The fourth-order valence-corrected chi connectivity index (χ4v) is 0.532. The van der Waals surface area contributed by atoms with Crippen molar-refractivity contribution in [3.8, 4) is 0 Å². The summed E-state index contributed by atoms with van der Waals surface area (Å²) in [7, 11) is 0. The van der Waals surface area contributed by atoms with Gasteiger partial charge in [0.15, 0.2) is 0 Å². The Hall–Kier alpha value is -0.790. The monoisotopic (exact) mass is 111 g/mol. The average Bonchev–Trinajstić information content (AvgIpc) is 1.77. The molecule has 1 heterocycles. The largest absolute Gasteiger partial charge is 0.491 e. The van der Waals surface area contributed by atoms with E-state index in [9.17, 15) is 0 Å². The molecule has 0 fully saturated rings. The van der Waals surface area contributed by atoms with Gasteiger partial charge in [-0.25, -0.2) is 0 Å². The van der Waals surface area contributed by atoms with Gasteiger partial charge in [-0.3, -0.25) is 4.99 Å². The van der Waals surface area contributed by atoms with Crippen molar-refractivity contribution in [2.75, 3.05) is 6.61 Å². The van der Waals surface area contributed by atoms with Crippen LogP contribution in [0.25, 0.3) is 0 Å². The maximum Gasteiger partial charge on any atom is 0.123 e. The predicted octanol–water partition coefficient (Wildman–Crippen LogP) is 1.34. The molecule has 8 heavy (non-hydrogen) atoms. The molecule has 0 saturated heterocycles. The van der Waals surface area contributed by atoms with Crippen LogP contribution >= 0.6 is 0 Å². The number of hydrogen-bond donors (Lipinski definition) is 0. The number of allylic oxidation sites excluding steroid dienone is 2. The van der Waals surface area contributed by atoms with Crippen LogP contribution in [0, 0.1) is 0 Å². The number of aliphatic imine (C=N–C) groups is 1. The normalized spacial score (nSPS) is 18.8. The fourth-order valence-electron chi connectivity index (χ4n) is 0.532. The standard InChI is InChI=1S/C6H9NO/c1-5-6(2)8-4-3-7-5/h3H,4H2,1-2H3. The highest BCUT2D eigenvalue weighted by atomic mass is 16.5. The van der Waals surface area contributed by atoms with E-state index in [1.54, 1.807) is 6.21 Å². The van der Waals surface area contributed by atoms with Crippen LogP contribution in [0.4, 0.5) is 0 Å². The molecule has 2 heteroatoms. The van der Waals surface area contributed by atoms with Gasteiger partial charge in [0.1, 0.15) is 12.4 Å². The van der Waals surface area contributed by atoms with Crippen LogP contribution in [0.5, 0.6) is 0 Å². The van der Waals surface area contributed by atoms with E-state index < -0.39 is 0 Å². The first-order valence-electron chi connectivity index (χ1n) is 2.63. The molecule has 0 atom stereocenters. The summed E-state index contributed by atoms with van der Waals surface area (Å²) in [4.78, 5) is 4.04. The van der Waals surface area contributed by atoms with Crippen LogP contribution < -0.4 is 0 Å². The van der Waals surface area contributed by atoms with E-state index in [2.05, 4.69) is 4.99 Å². The molecule has 0 aromatic rings. The highest BCUT2D eigenvalue weighted by Gasteiger charge is 1.97. The van der Waals surface area contributed by atoms with Gasteiger partial charge < -0.3 is 4.74 Å². The quantitative estimate of drug-likeness (QED) is 0.462. The first-order chi connectivity index (χ1) is 3.80. The molecule has 0 spiro atoms. The summed E-state index contributed by atoms with van der Waals surface area (Å²) in [5.41, 5.74) is 0.983. The topological polar surface area (TPSA) is 21.6 Å². The van der Waals surface area contributed by atoms with Gasteiger partial charge in [0.2, 0.25) is 0 Å². The number of rotatable bonds is 0. The van der Waals surface area contributed by atoms with Crippen molar-refractivity contribution in [1.82, 2.24) is 0 Å². The zero-order valence-corrected chi connectivity index (χ0v) is 5.14. The van der Waals surface area contributed by atoms with Crippen LogP contribution in [0.3, 0.4) is 0 Å². The summed E-state index contributed by atoms with van der Waals surface area (Å²) in [6.07, 6.45) is 1.77. The van der Waals surface area contributed by atoms with Gasteiger partial charge in [-0.1, -0.05) is 0 Å². The molecular formula is C6H9NO. The minimum atomic E-state index is 0.628. The molecule has 2 nitrogen and oxygen atoms in total. The van der Waals surface area contributed by atoms with E-state index in [1.807, 2.05) is 13.8 Å². The van der Waals surface area contributed by atoms with Crippen molar-refractivity contribution in [3.05, 3.63) is 11.5 Å². The lowest BCUT2D eigenvalue weighted by molar-refractivity contribution is 0.254. The molecule has 1 aliphatic heterocycles. The summed E-state index contributed by atoms with van der Waals surface area (Å²) in [5.74, 6) is 0.938. The second kappa shape index (κ2) is 1.99. The third kappa shape index (κ3) is 0.886. The first-order valence-corrected chi connectivity index (χ1v) is 2.63. The Morgan fingerprint density at radius 3 is 2.75 bits per heavy atom. The third-order valence-corrected chi connectivity index (χ3v) is 1.17. The number of hydrogen-bond acceptors (Lipinski definition) is 2. The smallest absolute Gasteiger partial charge is 0.123 e. The van der Waals surface area contributed by atoms with E-state index in [4.69, 9.17) is 4.74 Å². The van der Waals surface area contributed by atoms with Crippen molar-refractivity contribution in [3.63, 3.8) is 0 Å². The Labute approximate surface area is 48.9 Å². The van der Waals surface area contributed by atoms with Crippen LogP contribution in [-0.4, -0.2) is 12.8 Å². The molecule has 0 aromatic carbocycles. The lowest BCUT2D eigenvalue weighted by Gasteiger charge is -2.08. The molecule has 44 valence electrons. The minimum Gasteiger partial charge on any atom is -0.491 e. The maximum absolute atomic E-state index is 5.12. The second-order valence-corrected chi connectivity index (χ2v) is 1.76. The van der Waals surface area contributed by atoms with Crippen molar-refractivity contribution in [2.45, 2.75) is 13.8 Å². The molecule has 1 aliphatic rings. The Balaban J connectivity index is 2.76. The van der Waals surface area contributed by atoms with E-state index in [-0.39, 0.29) is 0 Å². The second-order valence-electron chi connectivity index (χ2n) is 1.76. The first kappa shape index (κ1) is 5.35. The average molecular weight is 111 g/mol. The van der Waals surface area contributed by atoms with Crippen molar-refractivity contribution in [1.29, 1.82) is 0 Å². The van der Waals surface area contributed by atoms with Gasteiger partial charge in [-0.15, -0.1) is 0 Å². The lowest BCUT2D eigenvalue weighted by atomic mass is 10.4. The molecule has 0 aromatic heterocycles. The summed E-state index contributed by atoms with van der Waals surface area (Å²) in [6.45, 7) is 4.49. The molecule has 0 bridgehead atoms. The van der Waals surface area contributed by atoms with Crippen LogP contribution in [0.15, 0.2) is 16.4 Å². The molecule has 0 unspecified atom stereocenters. The minimum absolute atomic E-state index is 0.628. The fraction of sp³-hybridized carbons (Fsp3) is 0.500. The van der Waals surface area contributed by atoms with Crippen molar-refractivity contribution >= 4 is 6.21 Å². The molecule has 0 saturated carbocycles. The molecular weight excluding hydrogens is 102 g/mol. The maximum atomic E-state index is 5.12. The zero-order valence-electron chi connectivity index (χ0n) is 5.14. The summed E-state index contributed by atoms with van der Waals surface area (Å²) < 4.78 is 5.12. The van der Waals surface area contributed by atoms with Gasteiger partial charge in [-0.05, 0) is 13.8 Å². The molecule has 1 rings (SSSR count). The van der Waals surface area contributed by atoms with Crippen LogP contribution in [-0.2, 0) is 4.74 Å². The molecule has 0 aliphatic carbocycles. The third-order valence-electron chi connectivity index (χ3n) is 1.17. The summed E-state index contributed by atoms with van der Waals surface area (Å²) in [5, 5.41) is 0. The highest BCUT2D eigenvalue weighted by molar-refractivity contribution is 5.61. The Morgan fingerprint density at radius 2 is 2.38 bits per heavy atom. The van der Waals surface area contributed by atoms with Crippen molar-refractivity contribution in [2.24, 2.45) is 4.99 Å². The summed E-state index contributed by atoms with van der Waals surface area (Å²) >= 11 is 0.